The number of hydrogen-bond acceptors (Lipinski definition) is 3. The smallest absolute Gasteiger partial charge is 0.216 e. The van der Waals surface area contributed by atoms with E-state index in [0.717, 1.165) is 6.54 Å². The van der Waals surface area contributed by atoms with Crippen LogP contribution in [0.3, 0.4) is 0 Å². The second-order valence-corrected chi connectivity index (χ2v) is 6.47. The Morgan fingerprint density at radius 1 is 1.38 bits per heavy atom. The van der Waals surface area contributed by atoms with E-state index in [-0.39, 0.29) is 10.8 Å². The quantitative estimate of drug-likeness (QED) is 0.672. The summed E-state index contributed by atoms with van der Waals surface area (Å²) < 4.78 is 26.1. The molecule has 1 saturated heterocycles. The SMILES string of the molecule is CC(C)(C)NS(=O)(=O)C1CCNC1. The summed E-state index contributed by atoms with van der Waals surface area (Å²) in [5, 5.41) is 2.79. The van der Waals surface area contributed by atoms with Gasteiger partial charge >= 0.3 is 0 Å². The van der Waals surface area contributed by atoms with Crippen LogP contribution in [0.2, 0.25) is 0 Å². The molecule has 0 aliphatic carbocycles. The summed E-state index contributed by atoms with van der Waals surface area (Å²) >= 11 is 0. The van der Waals surface area contributed by atoms with Crippen LogP contribution in [-0.4, -0.2) is 32.3 Å². The zero-order valence-electron chi connectivity index (χ0n) is 8.42. The van der Waals surface area contributed by atoms with Gasteiger partial charge in [0, 0.05) is 12.1 Å². The van der Waals surface area contributed by atoms with Crippen molar-refractivity contribution in [2.75, 3.05) is 13.1 Å². The van der Waals surface area contributed by atoms with Gasteiger partial charge in [0.1, 0.15) is 0 Å². The summed E-state index contributed by atoms with van der Waals surface area (Å²) in [4.78, 5) is 0. The van der Waals surface area contributed by atoms with Crippen molar-refractivity contribution in [1.29, 1.82) is 0 Å². The first-order valence-electron chi connectivity index (χ1n) is 4.55. The predicted molar refractivity (Wildman–Crippen MR) is 53.1 cm³/mol. The number of hydrogen-bond donors (Lipinski definition) is 2. The van der Waals surface area contributed by atoms with E-state index >= 15 is 0 Å². The van der Waals surface area contributed by atoms with Gasteiger partial charge in [0.05, 0.1) is 5.25 Å². The Balaban J connectivity index is 2.66. The third-order valence-electron chi connectivity index (χ3n) is 1.90. The van der Waals surface area contributed by atoms with Crippen molar-refractivity contribution in [2.24, 2.45) is 0 Å². The molecule has 78 valence electrons. The fourth-order valence-electron chi connectivity index (χ4n) is 1.40. The molecule has 1 atom stereocenters. The fourth-order valence-corrected chi connectivity index (χ4v) is 3.19. The van der Waals surface area contributed by atoms with Crippen LogP contribution in [0, 0.1) is 0 Å². The van der Waals surface area contributed by atoms with E-state index in [1.54, 1.807) is 0 Å². The second kappa shape index (κ2) is 3.55. The van der Waals surface area contributed by atoms with Crippen molar-refractivity contribution in [2.45, 2.75) is 38.0 Å². The Morgan fingerprint density at radius 3 is 2.38 bits per heavy atom. The Kier molecular flexibility index (Phi) is 2.99. The van der Waals surface area contributed by atoms with E-state index in [1.165, 1.54) is 0 Å². The molecule has 0 bridgehead atoms. The molecule has 1 rings (SSSR count). The van der Waals surface area contributed by atoms with E-state index in [4.69, 9.17) is 0 Å². The zero-order valence-corrected chi connectivity index (χ0v) is 9.24. The molecule has 0 spiro atoms. The molecule has 2 N–H and O–H groups in total. The minimum Gasteiger partial charge on any atom is -0.315 e. The summed E-state index contributed by atoms with van der Waals surface area (Å²) in [6.07, 6.45) is 0.714. The highest BCUT2D eigenvalue weighted by molar-refractivity contribution is 7.90. The van der Waals surface area contributed by atoms with Gasteiger partial charge < -0.3 is 5.32 Å². The molecule has 0 aromatic carbocycles. The maximum absolute atomic E-state index is 11.7. The average molecular weight is 206 g/mol. The first-order valence-corrected chi connectivity index (χ1v) is 6.09. The van der Waals surface area contributed by atoms with Gasteiger partial charge in [0.25, 0.3) is 0 Å². The molecular weight excluding hydrogens is 188 g/mol. The zero-order chi connectivity index (χ0) is 10.1. The highest BCUT2D eigenvalue weighted by Crippen LogP contribution is 2.12. The van der Waals surface area contributed by atoms with Crippen molar-refractivity contribution < 1.29 is 8.42 Å². The maximum atomic E-state index is 11.7. The monoisotopic (exact) mass is 206 g/mol. The highest BCUT2D eigenvalue weighted by Gasteiger charge is 2.31. The lowest BCUT2D eigenvalue weighted by Gasteiger charge is -2.22. The summed E-state index contributed by atoms with van der Waals surface area (Å²) in [7, 11) is -3.13. The van der Waals surface area contributed by atoms with Crippen LogP contribution in [0.25, 0.3) is 0 Å². The topological polar surface area (TPSA) is 58.2 Å². The van der Waals surface area contributed by atoms with Crippen molar-refractivity contribution in [3.05, 3.63) is 0 Å². The Hall–Kier alpha value is -0.130. The van der Waals surface area contributed by atoms with Crippen LogP contribution in [0.4, 0.5) is 0 Å². The van der Waals surface area contributed by atoms with Crippen LogP contribution >= 0.6 is 0 Å². The molecule has 1 heterocycles. The largest absolute Gasteiger partial charge is 0.315 e. The van der Waals surface area contributed by atoms with Crippen molar-refractivity contribution in [3.8, 4) is 0 Å². The van der Waals surface area contributed by atoms with Gasteiger partial charge in [0.15, 0.2) is 0 Å². The van der Waals surface area contributed by atoms with Crippen LogP contribution in [0.1, 0.15) is 27.2 Å². The van der Waals surface area contributed by atoms with Crippen LogP contribution in [0.5, 0.6) is 0 Å². The van der Waals surface area contributed by atoms with Gasteiger partial charge in [-0.3, -0.25) is 0 Å². The molecule has 0 aromatic rings. The molecule has 0 saturated carbocycles. The molecule has 5 heteroatoms. The van der Waals surface area contributed by atoms with Crippen molar-refractivity contribution in [3.63, 3.8) is 0 Å². The minimum absolute atomic E-state index is 0.258. The van der Waals surface area contributed by atoms with E-state index in [1.807, 2.05) is 20.8 Å². The van der Waals surface area contributed by atoms with Gasteiger partial charge in [-0.2, -0.15) is 0 Å². The standard InChI is InChI=1S/C8H18N2O2S/c1-8(2,3)10-13(11,12)7-4-5-9-6-7/h7,9-10H,4-6H2,1-3H3. The van der Waals surface area contributed by atoms with Gasteiger partial charge in [-0.25, -0.2) is 13.1 Å². The number of sulfonamides is 1. The summed E-state index contributed by atoms with van der Waals surface area (Å²) in [5.74, 6) is 0. The second-order valence-electron chi connectivity index (χ2n) is 4.51. The van der Waals surface area contributed by atoms with Crippen molar-refractivity contribution in [1.82, 2.24) is 10.0 Å². The van der Waals surface area contributed by atoms with Crippen LogP contribution in [0.15, 0.2) is 0 Å². The number of nitrogens with one attached hydrogen (secondary N) is 2. The van der Waals surface area contributed by atoms with Crippen LogP contribution in [-0.2, 0) is 10.0 Å². The molecule has 1 aliphatic heterocycles. The Bertz CT molecular complexity index is 260. The van der Waals surface area contributed by atoms with E-state index in [0.29, 0.717) is 13.0 Å². The lowest BCUT2D eigenvalue weighted by molar-refractivity contribution is 0.485. The average Bonchev–Trinajstić information content (AvgIpc) is 2.29. The molecule has 0 amide bonds. The highest BCUT2D eigenvalue weighted by atomic mass is 32.2. The molecule has 4 nitrogen and oxygen atoms in total. The lowest BCUT2D eigenvalue weighted by atomic mass is 10.1. The molecule has 1 unspecified atom stereocenters. The van der Waals surface area contributed by atoms with Crippen molar-refractivity contribution >= 4 is 10.0 Å². The van der Waals surface area contributed by atoms with Gasteiger partial charge in [0.2, 0.25) is 10.0 Å². The Morgan fingerprint density at radius 2 is 2.00 bits per heavy atom. The summed E-state index contributed by atoms with van der Waals surface area (Å²) in [6, 6.07) is 0. The predicted octanol–water partition coefficient (Wildman–Crippen LogP) is 0.0662. The third kappa shape index (κ3) is 3.25. The maximum Gasteiger partial charge on any atom is 0.216 e. The lowest BCUT2D eigenvalue weighted by Crippen LogP contribution is -2.46. The van der Waals surface area contributed by atoms with Gasteiger partial charge in [-0.05, 0) is 33.7 Å². The molecule has 0 radical (unpaired) electrons. The Labute approximate surface area is 80.1 Å². The molecule has 0 aromatic heterocycles. The summed E-state index contributed by atoms with van der Waals surface area (Å²) in [5.41, 5.74) is -0.374. The van der Waals surface area contributed by atoms with Crippen LogP contribution < -0.4 is 10.0 Å². The van der Waals surface area contributed by atoms with Gasteiger partial charge in [-0.1, -0.05) is 0 Å². The molecular formula is C8H18N2O2S. The first-order chi connectivity index (χ1) is 5.81. The molecule has 13 heavy (non-hydrogen) atoms. The van der Waals surface area contributed by atoms with E-state index in [2.05, 4.69) is 10.0 Å². The van der Waals surface area contributed by atoms with Gasteiger partial charge in [-0.15, -0.1) is 0 Å². The normalized spacial score (nSPS) is 25.0. The minimum atomic E-state index is -3.13. The van der Waals surface area contributed by atoms with E-state index < -0.39 is 10.0 Å². The third-order valence-corrected chi connectivity index (χ3v) is 4.08. The first kappa shape index (κ1) is 10.9. The molecule has 1 fully saturated rings. The molecule has 1 aliphatic rings. The fraction of sp³-hybridized carbons (Fsp3) is 1.00. The van der Waals surface area contributed by atoms with E-state index in [9.17, 15) is 8.42 Å². The summed E-state index contributed by atoms with van der Waals surface area (Å²) in [6.45, 7) is 6.94. The number of rotatable bonds is 2.